The predicted octanol–water partition coefficient (Wildman–Crippen LogP) is 2.68. The molecule has 7 nitrogen and oxygen atoms in total. The molecule has 134 valence electrons. The van der Waals surface area contributed by atoms with Crippen molar-refractivity contribution in [2.45, 2.75) is 18.1 Å². The Bertz CT molecular complexity index is 884. The molecule has 26 heavy (non-hydrogen) atoms. The second-order valence-corrected chi connectivity index (χ2v) is 6.93. The van der Waals surface area contributed by atoms with Crippen molar-refractivity contribution in [3.8, 4) is 11.4 Å². The number of carbonyl (C=O) groups excluding carboxylic acids is 1. The lowest BCUT2D eigenvalue weighted by molar-refractivity contribution is -0.119. The van der Waals surface area contributed by atoms with Crippen LogP contribution in [0.1, 0.15) is 18.5 Å². The number of nitrogen functional groups attached to an aromatic ring is 1. The fourth-order valence-electron chi connectivity index (χ4n) is 2.32. The van der Waals surface area contributed by atoms with Crippen LogP contribution in [0.5, 0.6) is 0 Å². The number of carbonyl (C=O) groups is 1. The number of nitrogens with zero attached hydrogens (tertiary/aromatic N) is 4. The molecule has 9 heteroatoms. The highest BCUT2D eigenvalue weighted by molar-refractivity contribution is 7.99. The van der Waals surface area contributed by atoms with Gasteiger partial charge in [0.05, 0.1) is 11.8 Å². The minimum absolute atomic E-state index is 0.122. The molecule has 0 aliphatic rings. The number of thioether (sulfide) groups is 1. The van der Waals surface area contributed by atoms with Gasteiger partial charge in [0.25, 0.3) is 0 Å². The maximum atomic E-state index is 12.2. The second-order valence-electron chi connectivity index (χ2n) is 5.55. The third kappa shape index (κ3) is 4.33. The summed E-state index contributed by atoms with van der Waals surface area (Å²) in [5.74, 6) is 6.58. The van der Waals surface area contributed by atoms with E-state index in [4.69, 9.17) is 17.4 Å². The van der Waals surface area contributed by atoms with Crippen LogP contribution in [0, 0.1) is 0 Å². The Labute approximate surface area is 159 Å². The van der Waals surface area contributed by atoms with Crippen LogP contribution in [-0.4, -0.2) is 31.5 Å². The first-order valence-electron chi connectivity index (χ1n) is 7.83. The van der Waals surface area contributed by atoms with Gasteiger partial charge in [-0.05, 0) is 36.8 Å². The largest absolute Gasteiger partial charge is 0.349 e. The fraction of sp³-hybridized carbons (Fsp3) is 0.176. The molecule has 0 spiro atoms. The Hall–Kier alpha value is -2.58. The summed E-state index contributed by atoms with van der Waals surface area (Å²) in [6, 6.07) is 10.9. The van der Waals surface area contributed by atoms with Crippen molar-refractivity contribution in [2.75, 3.05) is 11.6 Å². The SMILES string of the molecule is C[C@H](NC(=O)CSc1nnc(-c2cccnc2)n1N)c1ccc(Cl)cc1. The number of nitrogens with one attached hydrogen (secondary N) is 1. The Morgan fingerprint density at radius 1 is 1.31 bits per heavy atom. The van der Waals surface area contributed by atoms with E-state index in [2.05, 4.69) is 20.5 Å². The van der Waals surface area contributed by atoms with Crippen LogP contribution in [0.15, 0.2) is 53.9 Å². The van der Waals surface area contributed by atoms with Crippen LogP contribution >= 0.6 is 23.4 Å². The first kappa shape index (κ1) is 18.2. The fourth-order valence-corrected chi connectivity index (χ4v) is 3.11. The summed E-state index contributed by atoms with van der Waals surface area (Å²) in [5.41, 5.74) is 1.74. The maximum absolute atomic E-state index is 12.2. The van der Waals surface area contributed by atoms with Gasteiger partial charge in [0.1, 0.15) is 0 Å². The monoisotopic (exact) mass is 388 g/mol. The Kier molecular flexibility index (Phi) is 5.75. The molecule has 2 heterocycles. The number of rotatable bonds is 6. The quantitative estimate of drug-likeness (QED) is 0.497. The molecule has 2 aromatic heterocycles. The molecule has 0 bridgehead atoms. The van der Waals surface area contributed by atoms with Gasteiger partial charge in [-0.25, -0.2) is 4.68 Å². The van der Waals surface area contributed by atoms with Gasteiger partial charge in [0.2, 0.25) is 11.1 Å². The molecule has 0 aliphatic heterocycles. The summed E-state index contributed by atoms with van der Waals surface area (Å²) < 4.78 is 1.36. The van der Waals surface area contributed by atoms with Gasteiger partial charge < -0.3 is 11.2 Å². The molecule has 3 aromatic rings. The number of nitrogens with two attached hydrogens (primary N) is 1. The van der Waals surface area contributed by atoms with E-state index in [0.29, 0.717) is 16.0 Å². The van der Waals surface area contributed by atoms with Crippen molar-refractivity contribution in [2.24, 2.45) is 0 Å². The van der Waals surface area contributed by atoms with E-state index in [-0.39, 0.29) is 17.7 Å². The summed E-state index contributed by atoms with van der Waals surface area (Å²) in [7, 11) is 0. The third-order valence-corrected chi connectivity index (χ3v) is 4.86. The average Bonchev–Trinajstić information content (AvgIpc) is 3.02. The van der Waals surface area contributed by atoms with Crippen molar-refractivity contribution in [3.05, 3.63) is 59.4 Å². The first-order chi connectivity index (χ1) is 12.5. The molecular formula is C17H17ClN6OS. The van der Waals surface area contributed by atoms with E-state index in [1.807, 2.05) is 25.1 Å². The zero-order valence-corrected chi connectivity index (χ0v) is 15.5. The van der Waals surface area contributed by atoms with E-state index in [9.17, 15) is 4.79 Å². The topological polar surface area (TPSA) is 98.7 Å². The lowest BCUT2D eigenvalue weighted by Crippen LogP contribution is -2.28. The molecular weight excluding hydrogens is 372 g/mol. The number of pyridine rings is 1. The van der Waals surface area contributed by atoms with Crippen molar-refractivity contribution < 1.29 is 4.79 Å². The summed E-state index contributed by atoms with van der Waals surface area (Å²) >= 11 is 7.10. The van der Waals surface area contributed by atoms with Gasteiger partial charge in [-0.3, -0.25) is 9.78 Å². The summed E-state index contributed by atoms with van der Waals surface area (Å²) in [6.07, 6.45) is 3.32. The van der Waals surface area contributed by atoms with E-state index < -0.39 is 0 Å². The van der Waals surface area contributed by atoms with Crippen molar-refractivity contribution >= 4 is 29.3 Å². The highest BCUT2D eigenvalue weighted by atomic mass is 35.5. The van der Waals surface area contributed by atoms with Crippen LogP contribution in [0.4, 0.5) is 0 Å². The van der Waals surface area contributed by atoms with Gasteiger partial charge >= 0.3 is 0 Å². The lowest BCUT2D eigenvalue weighted by Gasteiger charge is -2.14. The first-order valence-corrected chi connectivity index (χ1v) is 9.19. The number of hydrogen-bond acceptors (Lipinski definition) is 6. The molecule has 0 saturated carbocycles. The number of benzene rings is 1. The molecule has 1 atom stereocenters. The number of aromatic nitrogens is 4. The maximum Gasteiger partial charge on any atom is 0.230 e. The van der Waals surface area contributed by atoms with Crippen LogP contribution in [0.3, 0.4) is 0 Å². The highest BCUT2D eigenvalue weighted by Gasteiger charge is 2.15. The molecule has 1 aromatic carbocycles. The molecule has 3 N–H and O–H groups in total. The Morgan fingerprint density at radius 3 is 2.77 bits per heavy atom. The molecule has 0 fully saturated rings. The van der Waals surface area contributed by atoms with Crippen LogP contribution in [-0.2, 0) is 4.79 Å². The zero-order valence-electron chi connectivity index (χ0n) is 14.0. The van der Waals surface area contributed by atoms with Gasteiger partial charge in [0.15, 0.2) is 5.82 Å². The Morgan fingerprint density at radius 2 is 2.08 bits per heavy atom. The third-order valence-electron chi connectivity index (χ3n) is 3.66. The van der Waals surface area contributed by atoms with Gasteiger partial charge in [-0.15, -0.1) is 10.2 Å². The summed E-state index contributed by atoms with van der Waals surface area (Å²) in [4.78, 5) is 16.2. The van der Waals surface area contributed by atoms with Crippen LogP contribution in [0.2, 0.25) is 5.02 Å². The summed E-state index contributed by atoms with van der Waals surface area (Å²) in [6.45, 7) is 1.91. The van der Waals surface area contributed by atoms with Crippen LogP contribution < -0.4 is 11.2 Å². The predicted molar refractivity (Wildman–Crippen MR) is 102 cm³/mol. The van der Waals surface area contributed by atoms with E-state index in [1.165, 1.54) is 16.4 Å². The molecule has 0 radical (unpaired) electrons. The average molecular weight is 389 g/mol. The normalized spacial score (nSPS) is 11.9. The molecule has 0 unspecified atom stereocenters. The highest BCUT2D eigenvalue weighted by Crippen LogP contribution is 2.21. The van der Waals surface area contributed by atoms with Gasteiger partial charge in [-0.1, -0.05) is 35.5 Å². The zero-order chi connectivity index (χ0) is 18.5. The minimum Gasteiger partial charge on any atom is -0.349 e. The smallest absolute Gasteiger partial charge is 0.230 e. The van der Waals surface area contributed by atoms with Crippen molar-refractivity contribution in [1.29, 1.82) is 0 Å². The van der Waals surface area contributed by atoms with Crippen molar-refractivity contribution in [1.82, 2.24) is 25.2 Å². The van der Waals surface area contributed by atoms with Crippen molar-refractivity contribution in [3.63, 3.8) is 0 Å². The Balaban J connectivity index is 1.58. The van der Waals surface area contributed by atoms with Gasteiger partial charge in [0, 0.05) is 23.0 Å². The summed E-state index contributed by atoms with van der Waals surface area (Å²) in [5, 5.41) is 12.2. The standard InChI is InChI=1S/C17H17ClN6OS/c1-11(12-4-6-14(18)7-5-12)21-15(25)10-26-17-23-22-16(24(17)19)13-3-2-8-20-9-13/h2-9,11H,10,19H2,1H3,(H,21,25)/t11-/m0/s1. The van der Waals surface area contributed by atoms with Gasteiger partial charge in [-0.2, -0.15) is 0 Å². The lowest BCUT2D eigenvalue weighted by atomic mass is 10.1. The molecule has 0 saturated heterocycles. The number of halogens is 1. The van der Waals surface area contributed by atoms with Crippen LogP contribution in [0.25, 0.3) is 11.4 Å². The number of amides is 1. The number of hydrogen-bond donors (Lipinski definition) is 2. The molecule has 1 amide bonds. The molecule has 3 rings (SSSR count). The molecule has 0 aliphatic carbocycles. The van der Waals surface area contributed by atoms with E-state index in [1.54, 1.807) is 30.6 Å². The van der Waals surface area contributed by atoms with E-state index in [0.717, 1.165) is 11.1 Å². The second kappa shape index (κ2) is 8.20. The minimum atomic E-state index is -0.123. The van der Waals surface area contributed by atoms with E-state index >= 15 is 0 Å².